The second kappa shape index (κ2) is 5.14. The molecule has 0 fully saturated rings. The predicted molar refractivity (Wildman–Crippen MR) is 68.0 cm³/mol. The third kappa shape index (κ3) is 2.06. The van der Waals surface area contributed by atoms with Crippen LogP contribution in [0.2, 0.25) is 0 Å². The number of carbonyl (C=O) groups excluding carboxylic acids is 1. The molecule has 2 rings (SSSR count). The SMILES string of the molecule is COC(=O)c1scc(C)c1-c1nccnc1OC. The average molecular weight is 264 g/mol. The number of thiophene rings is 1. The van der Waals surface area contributed by atoms with Gasteiger partial charge < -0.3 is 9.47 Å². The van der Waals surface area contributed by atoms with Crippen molar-refractivity contribution in [2.75, 3.05) is 14.2 Å². The van der Waals surface area contributed by atoms with Gasteiger partial charge in [0.1, 0.15) is 10.6 Å². The largest absolute Gasteiger partial charge is 0.479 e. The van der Waals surface area contributed by atoms with E-state index in [9.17, 15) is 4.79 Å². The summed E-state index contributed by atoms with van der Waals surface area (Å²) in [6.45, 7) is 1.91. The summed E-state index contributed by atoms with van der Waals surface area (Å²) >= 11 is 1.33. The molecule has 5 nitrogen and oxygen atoms in total. The van der Waals surface area contributed by atoms with Gasteiger partial charge in [-0.25, -0.2) is 14.8 Å². The van der Waals surface area contributed by atoms with Crippen molar-refractivity contribution >= 4 is 17.3 Å². The minimum Gasteiger partial charge on any atom is -0.479 e. The Hall–Kier alpha value is -1.95. The van der Waals surface area contributed by atoms with E-state index in [1.807, 2.05) is 12.3 Å². The Morgan fingerprint density at radius 2 is 2.00 bits per heavy atom. The van der Waals surface area contributed by atoms with Gasteiger partial charge >= 0.3 is 5.97 Å². The summed E-state index contributed by atoms with van der Waals surface area (Å²) in [5.41, 5.74) is 2.22. The molecule has 0 aromatic carbocycles. The normalized spacial score (nSPS) is 10.2. The van der Waals surface area contributed by atoms with Gasteiger partial charge in [-0.1, -0.05) is 0 Å². The molecule has 6 heteroatoms. The summed E-state index contributed by atoms with van der Waals surface area (Å²) in [6, 6.07) is 0. The highest BCUT2D eigenvalue weighted by Gasteiger charge is 2.22. The molecule has 0 radical (unpaired) electrons. The molecular formula is C12H12N2O3S. The molecule has 2 aromatic heterocycles. The monoisotopic (exact) mass is 264 g/mol. The van der Waals surface area contributed by atoms with Crippen LogP contribution in [0.5, 0.6) is 5.88 Å². The Kier molecular flexibility index (Phi) is 3.57. The predicted octanol–water partition coefficient (Wildman–Crippen LogP) is 2.31. The number of ether oxygens (including phenoxy) is 2. The van der Waals surface area contributed by atoms with Crippen molar-refractivity contribution in [3.63, 3.8) is 0 Å². The number of hydrogen-bond acceptors (Lipinski definition) is 6. The highest BCUT2D eigenvalue weighted by atomic mass is 32.1. The van der Waals surface area contributed by atoms with Gasteiger partial charge in [0.15, 0.2) is 0 Å². The zero-order chi connectivity index (χ0) is 13.1. The van der Waals surface area contributed by atoms with Crippen molar-refractivity contribution in [3.8, 4) is 17.1 Å². The van der Waals surface area contributed by atoms with Crippen molar-refractivity contribution < 1.29 is 14.3 Å². The average Bonchev–Trinajstić information content (AvgIpc) is 2.79. The van der Waals surface area contributed by atoms with Crippen LogP contribution in [0.3, 0.4) is 0 Å². The molecule has 0 bridgehead atoms. The second-order valence-electron chi connectivity index (χ2n) is 3.53. The van der Waals surface area contributed by atoms with E-state index in [0.29, 0.717) is 16.5 Å². The summed E-state index contributed by atoms with van der Waals surface area (Å²) < 4.78 is 9.94. The Balaban J connectivity index is 2.63. The van der Waals surface area contributed by atoms with E-state index < -0.39 is 0 Å². The molecule has 0 unspecified atom stereocenters. The van der Waals surface area contributed by atoms with Gasteiger partial charge in [-0.3, -0.25) is 0 Å². The first-order valence-corrected chi connectivity index (χ1v) is 6.08. The van der Waals surface area contributed by atoms with Gasteiger partial charge in [0.2, 0.25) is 5.88 Å². The first kappa shape index (κ1) is 12.5. The smallest absolute Gasteiger partial charge is 0.348 e. The van der Waals surface area contributed by atoms with Crippen LogP contribution in [0.15, 0.2) is 17.8 Å². The third-order valence-corrected chi connectivity index (χ3v) is 3.52. The lowest BCUT2D eigenvalue weighted by molar-refractivity contribution is 0.0607. The van der Waals surface area contributed by atoms with Crippen LogP contribution >= 0.6 is 11.3 Å². The molecule has 2 aromatic rings. The minimum absolute atomic E-state index is 0.379. The Morgan fingerprint density at radius 1 is 1.28 bits per heavy atom. The van der Waals surface area contributed by atoms with E-state index in [1.54, 1.807) is 12.4 Å². The molecule has 0 saturated carbocycles. The lowest BCUT2D eigenvalue weighted by Gasteiger charge is -2.07. The quantitative estimate of drug-likeness (QED) is 0.796. The van der Waals surface area contributed by atoms with Crippen molar-refractivity contribution in [1.82, 2.24) is 9.97 Å². The Bertz CT molecular complexity index is 580. The van der Waals surface area contributed by atoms with Gasteiger partial charge in [0.05, 0.1) is 14.2 Å². The maximum absolute atomic E-state index is 11.7. The number of nitrogens with zero attached hydrogens (tertiary/aromatic N) is 2. The number of aryl methyl sites for hydroxylation is 1. The van der Waals surface area contributed by atoms with Crippen LogP contribution in [0.1, 0.15) is 15.2 Å². The topological polar surface area (TPSA) is 61.3 Å². The van der Waals surface area contributed by atoms with Crippen molar-refractivity contribution in [1.29, 1.82) is 0 Å². The van der Waals surface area contributed by atoms with Crippen LogP contribution in [0.4, 0.5) is 0 Å². The molecule has 0 amide bonds. The molecule has 2 heterocycles. The van der Waals surface area contributed by atoms with Crippen molar-refractivity contribution in [3.05, 3.63) is 28.2 Å². The summed E-state index contributed by atoms with van der Waals surface area (Å²) in [6.07, 6.45) is 3.11. The highest BCUT2D eigenvalue weighted by molar-refractivity contribution is 7.12. The first-order chi connectivity index (χ1) is 8.69. The van der Waals surface area contributed by atoms with E-state index >= 15 is 0 Å². The van der Waals surface area contributed by atoms with E-state index in [0.717, 1.165) is 11.1 Å². The molecule has 0 N–H and O–H groups in total. The summed E-state index contributed by atoms with van der Waals surface area (Å²) in [4.78, 5) is 20.6. The maximum Gasteiger partial charge on any atom is 0.348 e. The van der Waals surface area contributed by atoms with Crippen LogP contribution in [-0.4, -0.2) is 30.2 Å². The Labute approximate surface area is 108 Å². The summed E-state index contributed by atoms with van der Waals surface area (Å²) in [5, 5.41) is 1.88. The summed E-state index contributed by atoms with van der Waals surface area (Å²) in [7, 11) is 2.88. The van der Waals surface area contributed by atoms with Crippen LogP contribution in [0, 0.1) is 6.92 Å². The van der Waals surface area contributed by atoms with Gasteiger partial charge in [0.25, 0.3) is 0 Å². The van der Waals surface area contributed by atoms with Crippen molar-refractivity contribution in [2.45, 2.75) is 6.92 Å². The molecular weight excluding hydrogens is 252 g/mol. The zero-order valence-electron chi connectivity index (χ0n) is 10.3. The first-order valence-electron chi connectivity index (χ1n) is 5.20. The van der Waals surface area contributed by atoms with E-state index in [1.165, 1.54) is 25.6 Å². The Morgan fingerprint density at radius 3 is 2.67 bits per heavy atom. The third-order valence-electron chi connectivity index (χ3n) is 2.44. The van der Waals surface area contributed by atoms with Gasteiger partial charge in [-0.05, 0) is 17.9 Å². The molecule has 18 heavy (non-hydrogen) atoms. The van der Waals surface area contributed by atoms with E-state index in [4.69, 9.17) is 9.47 Å². The second-order valence-corrected chi connectivity index (χ2v) is 4.41. The summed E-state index contributed by atoms with van der Waals surface area (Å²) in [5.74, 6) is 0.0139. The number of carbonyl (C=O) groups is 1. The molecule has 0 aliphatic carbocycles. The molecule has 0 spiro atoms. The van der Waals surface area contributed by atoms with Crippen LogP contribution in [-0.2, 0) is 4.74 Å². The van der Waals surface area contributed by atoms with E-state index in [-0.39, 0.29) is 5.97 Å². The fourth-order valence-corrected chi connectivity index (χ4v) is 2.60. The van der Waals surface area contributed by atoms with Crippen LogP contribution < -0.4 is 4.74 Å². The van der Waals surface area contributed by atoms with Gasteiger partial charge in [-0.15, -0.1) is 11.3 Å². The van der Waals surface area contributed by atoms with Gasteiger partial charge in [0, 0.05) is 18.0 Å². The molecule has 0 aliphatic rings. The number of rotatable bonds is 3. The number of aromatic nitrogens is 2. The molecule has 0 saturated heterocycles. The highest BCUT2D eigenvalue weighted by Crippen LogP contribution is 2.35. The molecule has 94 valence electrons. The number of methoxy groups -OCH3 is 2. The zero-order valence-corrected chi connectivity index (χ0v) is 11.1. The maximum atomic E-state index is 11.7. The fraction of sp³-hybridized carbons (Fsp3) is 0.250. The fourth-order valence-electron chi connectivity index (χ4n) is 1.63. The van der Waals surface area contributed by atoms with Crippen LogP contribution in [0.25, 0.3) is 11.3 Å². The van der Waals surface area contributed by atoms with E-state index in [2.05, 4.69) is 9.97 Å². The number of esters is 1. The number of hydrogen-bond donors (Lipinski definition) is 0. The van der Waals surface area contributed by atoms with Crippen molar-refractivity contribution in [2.24, 2.45) is 0 Å². The lowest BCUT2D eigenvalue weighted by Crippen LogP contribution is -2.02. The minimum atomic E-state index is -0.379. The molecule has 0 atom stereocenters. The van der Waals surface area contributed by atoms with Gasteiger partial charge in [-0.2, -0.15) is 0 Å². The molecule has 0 aliphatic heterocycles. The lowest BCUT2D eigenvalue weighted by atomic mass is 10.1. The standard InChI is InChI=1S/C12H12N2O3S/c1-7-6-18-10(12(15)17-3)8(7)9-11(16-2)14-5-4-13-9/h4-6H,1-3H3.